The number of hydrogen-bond donors (Lipinski definition) is 1. The second-order valence-corrected chi connectivity index (χ2v) is 5.65. The quantitative estimate of drug-likeness (QED) is 0.913. The van der Waals surface area contributed by atoms with Crippen molar-refractivity contribution >= 4 is 15.8 Å². The number of rotatable bonds is 4. The highest BCUT2D eigenvalue weighted by Gasteiger charge is 2.05. The van der Waals surface area contributed by atoms with E-state index < -0.39 is 10.0 Å². The van der Waals surface area contributed by atoms with E-state index in [2.05, 4.69) is 9.82 Å². The predicted molar refractivity (Wildman–Crippen MR) is 66.2 cm³/mol. The molecule has 2 aromatic rings. The molecule has 0 aliphatic heterocycles. The summed E-state index contributed by atoms with van der Waals surface area (Å²) >= 11 is 0. The van der Waals surface area contributed by atoms with Crippen LogP contribution in [0.2, 0.25) is 0 Å². The minimum atomic E-state index is -3.32. The molecule has 0 aliphatic rings. The van der Waals surface area contributed by atoms with Crippen molar-refractivity contribution in [2.75, 3.05) is 11.0 Å². The summed E-state index contributed by atoms with van der Waals surface area (Å²) in [6.45, 7) is 0.450. The Balaban J connectivity index is 2.09. The van der Waals surface area contributed by atoms with Crippen LogP contribution in [0.5, 0.6) is 0 Å². The molecule has 1 aromatic heterocycles. The van der Waals surface area contributed by atoms with Gasteiger partial charge in [-0.1, -0.05) is 12.1 Å². The van der Waals surface area contributed by atoms with Crippen LogP contribution in [-0.4, -0.2) is 24.5 Å². The maximum atomic E-state index is 12.7. The van der Waals surface area contributed by atoms with E-state index in [1.54, 1.807) is 29.1 Å². The molecule has 2 rings (SSSR count). The lowest BCUT2D eigenvalue weighted by atomic mass is 10.2. The van der Waals surface area contributed by atoms with Crippen molar-refractivity contribution in [3.8, 4) is 0 Å². The fraction of sp³-hybridized carbons (Fsp3) is 0.182. The van der Waals surface area contributed by atoms with Crippen LogP contribution in [0.25, 0.3) is 0 Å². The normalized spacial score (nSPS) is 11.4. The van der Waals surface area contributed by atoms with E-state index in [-0.39, 0.29) is 11.6 Å². The fourth-order valence-corrected chi connectivity index (χ4v) is 1.96. The molecule has 0 fully saturated rings. The molecule has 0 saturated carbocycles. The molecule has 7 heteroatoms. The van der Waals surface area contributed by atoms with E-state index >= 15 is 0 Å². The van der Waals surface area contributed by atoms with Gasteiger partial charge in [-0.2, -0.15) is 5.10 Å². The maximum absolute atomic E-state index is 12.7. The van der Waals surface area contributed by atoms with E-state index in [0.29, 0.717) is 6.54 Å². The van der Waals surface area contributed by atoms with Crippen LogP contribution in [0.3, 0.4) is 0 Å². The van der Waals surface area contributed by atoms with Crippen molar-refractivity contribution < 1.29 is 12.8 Å². The van der Waals surface area contributed by atoms with E-state index in [0.717, 1.165) is 11.8 Å². The van der Waals surface area contributed by atoms with Gasteiger partial charge in [0, 0.05) is 12.3 Å². The number of hydrogen-bond acceptors (Lipinski definition) is 3. The van der Waals surface area contributed by atoms with Gasteiger partial charge in [0.2, 0.25) is 10.0 Å². The van der Waals surface area contributed by atoms with E-state index in [1.807, 2.05) is 0 Å². The number of nitrogens with zero attached hydrogens (tertiary/aromatic N) is 2. The van der Waals surface area contributed by atoms with Crippen LogP contribution in [0.15, 0.2) is 36.5 Å². The van der Waals surface area contributed by atoms with Gasteiger partial charge in [0.15, 0.2) is 5.82 Å². The summed E-state index contributed by atoms with van der Waals surface area (Å²) in [6, 6.07) is 7.61. The van der Waals surface area contributed by atoms with Gasteiger partial charge in [-0.05, 0) is 17.7 Å². The van der Waals surface area contributed by atoms with Crippen LogP contribution < -0.4 is 4.72 Å². The monoisotopic (exact) mass is 269 g/mol. The van der Waals surface area contributed by atoms with Crippen molar-refractivity contribution in [1.82, 2.24) is 9.78 Å². The Morgan fingerprint density at radius 3 is 2.56 bits per heavy atom. The smallest absolute Gasteiger partial charge is 0.231 e. The summed E-state index contributed by atoms with van der Waals surface area (Å²) < 4.78 is 38.6. The first-order chi connectivity index (χ1) is 8.42. The third kappa shape index (κ3) is 3.56. The van der Waals surface area contributed by atoms with E-state index in [9.17, 15) is 12.8 Å². The molecule has 0 amide bonds. The zero-order valence-corrected chi connectivity index (χ0v) is 10.5. The third-order valence-electron chi connectivity index (χ3n) is 2.19. The minimum Gasteiger partial charge on any atom is -0.266 e. The maximum Gasteiger partial charge on any atom is 0.231 e. The van der Waals surface area contributed by atoms with Gasteiger partial charge >= 0.3 is 0 Å². The molecule has 0 saturated heterocycles. The average Bonchev–Trinajstić information content (AvgIpc) is 2.66. The van der Waals surface area contributed by atoms with Crippen LogP contribution >= 0.6 is 0 Å². The Hall–Kier alpha value is -1.89. The summed E-state index contributed by atoms with van der Waals surface area (Å²) in [4.78, 5) is 0. The molecule has 0 radical (unpaired) electrons. The Labute approximate surface area is 104 Å². The third-order valence-corrected chi connectivity index (χ3v) is 2.77. The lowest BCUT2D eigenvalue weighted by Crippen LogP contribution is -2.10. The van der Waals surface area contributed by atoms with Crippen LogP contribution in [0.1, 0.15) is 5.56 Å². The molecule has 0 atom stereocenters. The highest BCUT2D eigenvalue weighted by atomic mass is 32.2. The van der Waals surface area contributed by atoms with Crippen molar-refractivity contribution in [3.63, 3.8) is 0 Å². The van der Waals surface area contributed by atoms with Gasteiger partial charge in [-0.3, -0.25) is 9.40 Å². The number of nitrogens with one attached hydrogen (secondary N) is 1. The van der Waals surface area contributed by atoms with Crippen LogP contribution in [-0.2, 0) is 16.6 Å². The van der Waals surface area contributed by atoms with Gasteiger partial charge < -0.3 is 0 Å². The van der Waals surface area contributed by atoms with Crippen molar-refractivity contribution in [3.05, 3.63) is 47.9 Å². The lowest BCUT2D eigenvalue weighted by Gasteiger charge is -2.02. The molecule has 0 bridgehead atoms. The molecule has 0 spiro atoms. The Morgan fingerprint density at radius 2 is 1.94 bits per heavy atom. The fourth-order valence-electron chi connectivity index (χ4n) is 1.47. The highest BCUT2D eigenvalue weighted by molar-refractivity contribution is 7.92. The zero-order chi connectivity index (χ0) is 13.2. The first-order valence-electron chi connectivity index (χ1n) is 5.18. The number of sulfonamides is 1. The number of halogens is 1. The molecule has 1 N–H and O–H groups in total. The molecule has 0 unspecified atom stereocenters. The van der Waals surface area contributed by atoms with Gasteiger partial charge in [0.1, 0.15) is 5.82 Å². The number of anilines is 1. The molecule has 5 nitrogen and oxygen atoms in total. The summed E-state index contributed by atoms with van der Waals surface area (Å²) in [6.07, 6.45) is 2.71. The van der Waals surface area contributed by atoms with Crippen molar-refractivity contribution in [2.45, 2.75) is 6.54 Å². The first-order valence-corrected chi connectivity index (χ1v) is 7.07. The molecule has 1 aromatic carbocycles. The molecular formula is C11H12FN3O2S. The zero-order valence-electron chi connectivity index (χ0n) is 9.67. The molecular weight excluding hydrogens is 257 g/mol. The largest absolute Gasteiger partial charge is 0.266 e. The predicted octanol–water partition coefficient (Wildman–Crippen LogP) is 1.44. The SMILES string of the molecule is CS(=O)(=O)Nc1ccn(Cc2ccc(F)cc2)n1. The molecule has 96 valence electrons. The summed E-state index contributed by atoms with van der Waals surface area (Å²) in [5.41, 5.74) is 0.880. The van der Waals surface area contributed by atoms with Gasteiger partial charge in [-0.25, -0.2) is 12.8 Å². The lowest BCUT2D eigenvalue weighted by molar-refractivity contribution is 0.606. The Bertz CT molecular complexity index is 635. The summed E-state index contributed by atoms with van der Waals surface area (Å²) in [5, 5.41) is 4.05. The second-order valence-electron chi connectivity index (χ2n) is 3.90. The number of aromatic nitrogens is 2. The average molecular weight is 269 g/mol. The summed E-state index contributed by atoms with van der Waals surface area (Å²) in [7, 11) is -3.32. The van der Waals surface area contributed by atoms with E-state index in [4.69, 9.17) is 0 Å². The Kier molecular flexibility index (Phi) is 3.33. The van der Waals surface area contributed by atoms with Crippen molar-refractivity contribution in [1.29, 1.82) is 0 Å². The van der Waals surface area contributed by atoms with E-state index in [1.165, 1.54) is 12.1 Å². The van der Waals surface area contributed by atoms with Gasteiger partial charge in [-0.15, -0.1) is 0 Å². The van der Waals surface area contributed by atoms with Crippen LogP contribution in [0.4, 0.5) is 10.2 Å². The topological polar surface area (TPSA) is 64.0 Å². The van der Waals surface area contributed by atoms with Gasteiger partial charge in [0.05, 0.1) is 12.8 Å². The van der Waals surface area contributed by atoms with Crippen LogP contribution in [0, 0.1) is 5.82 Å². The van der Waals surface area contributed by atoms with Crippen molar-refractivity contribution in [2.24, 2.45) is 0 Å². The highest BCUT2D eigenvalue weighted by Crippen LogP contribution is 2.08. The summed E-state index contributed by atoms with van der Waals surface area (Å²) in [5.74, 6) is -0.0294. The standard InChI is InChI=1S/C11H12FN3O2S/c1-18(16,17)14-11-6-7-15(13-11)8-9-2-4-10(12)5-3-9/h2-7H,8H2,1H3,(H,13,14). The molecule has 18 heavy (non-hydrogen) atoms. The molecule has 0 aliphatic carbocycles. The second kappa shape index (κ2) is 4.77. The molecule has 1 heterocycles. The van der Waals surface area contributed by atoms with Gasteiger partial charge in [0.25, 0.3) is 0 Å². The Morgan fingerprint density at radius 1 is 1.28 bits per heavy atom. The number of benzene rings is 1. The first kappa shape index (κ1) is 12.6. The minimum absolute atomic E-state index is 0.264.